The molecule has 0 aliphatic carbocycles. The summed E-state index contributed by atoms with van der Waals surface area (Å²) in [5.74, 6) is 0.589. The van der Waals surface area contributed by atoms with Crippen molar-refractivity contribution in [3.63, 3.8) is 0 Å². The molecule has 1 rings (SSSR count). The van der Waals surface area contributed by atoms with Gasteiger partial charge in [0.1, 0.15) is 10.9 Å². The number of nitriles is 1. The number of aromatic nitrogens is 1. The van der Waals surface area contributed by atoms with E-state index in [2.05, 4.69) is 4.98 Å². The fraction of sp³-hybridized carbons (Fsp3) is 0.500. The third-order valence-corrected chi connectivity index (χ3v) is 4.63. The average Bonchev–Trinajstić information content (AvgIpc) is 2.56. The van der Waals surface area contributed by atoms with Crippen LogP contribution in [0.5, 0.6) is 0 Å². The highest BCUT2D eigenvalue weighted by Crippen LogP contribution is 2.24. The van der Waals surface area contributed by atoms with Crippen molar-refractivity contribution in [2.45, 2.75) is 24.1 Å². The van der Waals surface area contributed by atoms with Gasteiger partial charge in [-0.1, -0.05) is 36.3 Å². The smallest absolute Gasteiger partial charge is 0.183 e. The van der Waals surface area contributed by atoms with Crippen LogP contribution in [0.15, 0.2) is 4.34 Å². The van der Waals surface area contributed by atoms with E-state index in [0.29, 0.717) is 15.0 Å². The van der Waals surface area contributed by atoms with Crippen LogP contribution in [0.4, 0.5) is 0 Å². The van der Waals surface area contributed by atoms with Crippen LogP contribution in [-0.2, 0) is 10.8 Å². The zero-order valence-corrected chi connectivity index (χ0v) is 10.0. The molecule has 76 valence electrons. The van der Waals surface area contributed by atoms with Crippen LogP contribution in [0.25, 0.3) is 0 Å². The van der Waals surface area contributed by atoms with E-state index in [4.69, 9.17) is 16.9 Å². The molecule has 0 saturated carbocycles. The Labute approximate surface area is 94.2 Å². The fourth-order valence-electron chi connectivity index (χ4n) is 0.812. The largest absolute Gasteiger partial charge is 0.252 e. The number of hydrogen-bond acceptors (Lipinski definition) is 4. The predicted molar refractivity (Wildman–Crippen MR) is 58.0 cm³/mol. The van der Waals surface area contributed by atoms with Gasteiger partial charge in [0.2, 0.25) is 0 Å². The van der Waals surface area contributed by atoms with Gasteiger partial charge in [0.05, 0.1) is 10.8 Å². The van der Waals surface area contributed by atoms with Crippen molar-refractivity contribution in [2.24, 2.45) is 0 Å². The first kappa shape index (κ1) is 11.6. The predicted octanol–water partition coefficient (Wildman–Crippen LogP) is 2.58. The zero-order valence-electron chi connectivity index (χ0n) is 7.62. The van der Waals surface area contributed by atoms with Crippen molar-refractivity contribution in [3.8, 4) is 6.07 Å². The third kappa shape index (κ3) is 2.77. The summed E-state index contributed by atoms with van der Waals surface area (Å²) in [6, 6.07) is 1.92. The monoisotopic (exact) mass is 248 g/mol. The number of unbranched alkanes of at least 4 members (excludes halogenated alkanes) is 1. The molecule has 1 aromatic rings. The molecule has 0 bridgehead atoms. The number of rotatable bonds is 4. The minimum absolute atomic E-state index is 0.164. The summed E-state index contributed by atoms with van der Waals surface area (Å²) in [4.78, 5) is 4.23. The van der Waals surface area contributed by atoms with Crippen LogP contribution >= 0.6 is 22.9 Å². The van der Waals surface area contributed by atoms with Crippen molar-refractivity contribution >= 4 is 33.7 Å². The van der Waals surface area contributed by atoms with Gasteiger partial charge in [-0.25, -0.2) is 4.98 Å². The SMILES string of the molecule is CCCCS(=O)c1nc(Cl)c(C#N)s1. The van der Waals surface area contributed by atoms with Gasteiger partial charge in [-0.2, -0.15) is 5.26 Å². The number of thiazole rings is 1. The molecule has 1 aromatic heterocycles. The van der Waals surface area contributed by atoms with E-state index in [1.54, 1.807) is 0 Å². The lowest BCUT2D eigenvalue weighted by Crippen LogP contribution is -1.96. The van der Waals surface area contributed by atoms with Crippen molar-refractivity contribution in [1.29, 1.82) is 5.26 Å². The summed E-state index contributed by atoms with van der Waals surface area (Å²) < 4.78 is 12.0. The van der Waals surface area contributed by atoms with Crippen LogP contribution in [0.1, 0.15) is 24.6 Å². The number of hydrogen-bond donors (Lipinski definition) is 0. The first-order valence-corrected chi connectivity index (χ1v) is 6.65. The Morgan fingerprint density at radius 1 is 1.71 bits per heavy atom. The van der Waals surface area contributed by atoms with Crippen molar-refractivity contribution in [1.82, 2.24) is 4.98 Å². The lowest BCUT2D eigenvalue weighted by molar-refractivity contribution is 0.679. The molecule has 1 atom stereocenters. The topological polar surface area (TPSA) is 53.8 Å². The van der Waals surface area contributed by atoms with Gasteiger partial charge in [0, 0.05) is 5.75 Å². The lowest BCUT2D eigenvalue weighted by Gasteiger charge is -1.94. The summed E-state index contributed by atoms with van der Waals surface area (Å²) in [7, 11) is -1.10. The second-order valence-electron chi connectivity index (χ2n) is 2.61. The van der Waals surface area contributed by atoms with Gasteiger partial charge in [-0.05, 0) is 6.42 Å². The standard InChI is InChI=1S/C8H9ClN2OS2/c1-2-3-4-14(12)8-11-7(9)6(5-10)13-8/h2-4H2,1H3. The fourth-order valence-corrected chi connectivity index (χ4v) is 3.43. The van der Waals surface area contributed by atoms with E-state index in [-0.39, 0.29) is 5.15 Å². The highest BCUT2D eigenvalue weighted by molar-refractivity contribution is 7.87. The van der Waals surface area contributed by atoms with Crippen LogP contribution in [-0.4, -0.2) is 14.9 Å². The Kier molecular flexibility index (Phi) is 4.52. The molecular weight excluding hydrogens is 240 g/mol. The summed E-state index contributed by atoms with van der Waals surface area (Å²) in [5, 5.41) is 8.79. The first-order valence-electron chi connectivity index (χ1n) is 4.13. The molecule has 14 heavy (non-hydrogen) atoms. The van der Waals surface area contributed by atoms with Crippen molar-refractivity contribution in [3.05, 3.63) is 10.0 Å². The Morgan fingerprint density at radius 2 is 2.43 bits per heavy atom. The summed E-state index contributed by atoms with van der Waals surface area (Å²) in [6.07, 6.45) is 1.89. The molecule has 1 unspecified atom stereocenters. The second-order valence-corrected chi connectivity index (χ2v) is 5.72. The van der Waals surface area contributed by atoms with Gasteiger partial charge in [-0.3, -0.25) is 4.21 Å². The van der Waals surface area contributed by atoms with E-state index in [1.165, 1.54) is 0 Å². The molecular formula is C8H9ClN2OS2. The molecule has 0 aromatic carbocycles. The highest BCUT2D eigenvalue weighted by Gasteiger charge is 2.13. The molecule has 0 aliphatic heterocycles. The maximum absolute atomic E-state index is 11.6. The van der Waals surface area contributed by atoms with Crippen LogP contribution in [0.3, 0.4) is 0 Å². The van der Waals surface area contributed by atoms with Gasteiger partial charge in [0.25, 0.3) is 0 Å². The van der Waals surface area contributed by atoms with Crippen molar-refractivity contribution < 1.29 is 4.21 Å². The second kappa shape index (κ2) is 5.44. The summed E-state index contributed by atoms with van der Waals surface area (Å²) in [5.41, 5.74) is 0. The maximum atomic E-state index is 11.6. The van der Waals surface area contributed by atoms with E-state index < -0.39 is 10.8 Å². The zero-order chi connectivity index (χ0) is 10.6. The van der Waals surface area contributed by atoms with Crippen LogP contribution < -0.4 is 0 Å². The molecule has 3 nitrogen and oxygen atoms in total. The van der Waals surface area contributed by atoms with Gasteiger partial charge in [0.15, 0.2) is 9.49 Å². The molecule has 6 heteroatoms. The van der Waals surface area contributed by atoms with E-state index >= 15 is 0 Å². The molecule has 0 fully saturated rings. The molecule has 0 aliphatic rings. The Morgan fingerprint density at radius 3 is 2.93 bits per heavy atom. The Balaban J connectivity index is 2.77. The maximum Gasteiger partial charge on any atom is 0.183 e. The summed E-state index contributed by atoms with van der Waals surface area (Å²) >= 11 is 6.78. The Bertz CT molecular complexity index is 383. The third-order valence-electron chi connectivity index (χ3n) is 1.55. The van der Waals surface area contributed by atoms with Crippen LogP contribution in [0, 0.1) is 11.3 Å². The molecule has 0 saturated heterocycles. The number of halogens is 1. The van der Waals surface area contributed by atoms with Gasteiger partial charge >= 0.3 is 0 Å². The van der Waals surface area contributed by atoms with Gasteiger partial charge in [-0.15, -0.1) is 0 Å². The molecule has 0 N–H and O–H groups in total. The molecule has 0 radical (unpaired) electrons. The minimum Gasteiger partial charge on any atom is -0.252 e. The van der Waals surface area contributed by atoms with Crippen molar-refractivity contribution in [2.75, 3.05) is 5.75 Å². The lowest BCUT2D eigenvalue weighted by atomic mass is 10.4. The Hall–Kier alpha value is -0.440. The van der Waals surface area contributed by atoms with E-state index in [1.807, 2.05) is 13.0 Å². The highest BCUT2D eigenvalue weighted by atomic mass is 35.5. The normalized spacial score (nSPS) is 12.4. The quantitative estimate of drug-likeness (QED) is 0.823. The van der Waals surface area contributed by atoms with Gasteiger partial charge < -0.3 is 0 Å². The van der Waals surface area contributed by atoms with E-state index in [0.717, 1.165) is 24.2 Å². The van der Waals surface area contributed by atoms with E-state index in [9.17, 15) is 4.21 Å². The molecule has 1 heterocycles. The number of nitrogens with zero attached hydrogens (tertiary/aromatic N) is 2. The molecule has 0 spiro atoms. The average molecular weight is 249 g/mol. The van der Waals surface area contributed by atoms with Crippen LogP contribution in [0.2, 0.25) is 5.15 Å². The minimum atomic E-state index is -1.10. The molecule has 0 amide bonds. The first-order chi connectivity index (χ1) is 6.69. The summed E-state index contributed by atoms with van der Waals surface area (Å²) in [6.45, 7) is 2.03.